The van der Waals surface area contributed by atoms with Crippen LogP contribution in [0.15, 0.2) is 48.5 Å². The molecule has 0 aliphatic carbocycles. The molecule has 1 heterocycles. The van der Waals surface area contributed by atoms with E-state index in [2.05, 4.69) is 4.98 Å². The lowest BCUT2D eigenvalue weighted by molar-refractivity contribution is -0.137. The van der Waals surface area contributed by atoms with E-state index in [1.807, 2.05) is 31.2 Å². The summed E-state index contributed by atoms with van der Waals surface area (Å²) in [7, 11) is 0. The van der Waals surface area contributed by atoms with Gasteiger partial charge in [-0.15, -0.1) is 0 Å². The largest absolute Gasteiger partial charge is 0.416 e. The van der Waals surface area contributed by atoms with Gasteiger partial charge in [0.15, 0.2) is 0 Å². The Balaban J connectivity index is 2.20. The summed E-state index contributed by atoms with van der Waals surface area (Å²) in [4.78, 5) is 3.14. The Morgan fingerprint density at radius 3 is 2.23 bits per heavy atom. The normalized spacial score (nSPS) is 11.8. The van der Waals surface area contributed by atoms with E-state index in [-0.39, 0.29) is 0 Å². The van der Waals surface area contributed by atoms with E-state index in [4.69, 9.17) is 12.2 Å². The number of pyridine rings is 1. The first-order valence-electron chi connectivity index (χ1n) is 6.67. The summed E-state index contributed by atoms with van der Waals surface area (Å²) in [5.74, 6) is 0. The first-order chi connectivity index (χ1) is 10.4. The van der Waals surface area contributed by atoms with Crippen LogP contribution in [-0.2, 0) is 6.18 Å². The smallest absolute Gasteiger partial charge is 0.346 e. The van der Waals surface area contributed by atoms with Crippen molar-refractivity contribution in [2.45, 2.75) is 13.1 Å². The number of nitrogens with one attached hydrogen (secondary N) is 1. The molecular formula is C17H12F3NS. The van der Waals surface area contributed by atoms with E-state index in [0.29, 0.717) is 10.2 Å². The van der Waals surface area contributed by atoms with Crippen LogP contribution >= 0.6 is 12.2 Å². The van der Waals surface area contributed by atoms with E-state index in [1.165, 1.54) is 12.1 Å². The molecule has 2 aromatic carbocycles. The molecule has 0 aliphatic heterocycles. The zero-order chi connectivity index (χ0) is 15.9. The fraction of sp³-hybridized carbons (Fsp3) is 0.118. The Labute approximate surface area is 130 Å². The third-order valence-electron chi connectivity index (χ3n) is 3.68. The second-order valence-electron chi connectivity index (χ2n) is 5.07. The lowest BCUT2D eigenvalue weighted by atomic mass is 9.98. The van der Waals surface area contributed by atoms with E-state index in [9.17, 15) is 13.2 Å². The Hall–Kier alpha value is -2.14. The van der Waals surface area contributed by atoms with E-state index < -0.39 is 11.7 Å². The van der Waals surface area contributed by atoms with E-state index in [0.717, 1.165) is 34.2 Å². The first-order valence-corrected chi connectivity index (χ1v) is 7.08. The van der Waals surface area contributed by atoms with E-state index >= 15 is 0 Å². The van der Waals surface area contributed by atoms with Gasteiger partial charge in [-0.2, -0.15) is 13.2 Å². The van der Waals surface area contributed by atoms with E-state index in [1.54, 1.807) is 0 Å². The summed E-state index contributed by atoms with van der Waals surface area (Å²) in [6.07, 6.45) is -4.33. The number of H-pyrrole nitrogens is 1. The van der Waals surface area contributed by atoms with Crippen LogP contribution in [0.1, 0.15) is 11.1 Å². The number of halogens is 3. The second-order valence-corrected chi connectivity index (χ2v) is 5.48. The van der Waals surface area contributed by atoms with Crippen molar-refractivity contribution in [3.63, 3.8) is 0 Å². The SMILES string of the molecule is Cc1c(-c2ccc(C(F)(F)F)cc2)c(=S)[nH]c2ccccc12. The Bertz CT molecular complexity index is 892. The molecule has 1 N–H and O–H groups in total. The lowest BCUT2D eigenvalue weighted by Gasteiger charge is -2.12. The van der Waals surface area contributed by atoms with Crippen LogP contribution in [0.5, 0.6) is 0 Å². The minimum Gasteiger partial charge on any atom is -0.346 e. The number of aromatic amines is 1. The van der Waals surface area contributed by atoms with Crippen LogP contribution in [0.4, 0.5) is 13.2 Å². The van der Waals surface area contributed by atoms with Crippen LogP contribution in [-0.4, -0.2) is 4.98 Å². The highest BCUT2D eigenvalue weighted by Gasteiger charge is 2.30. The van der Waals surface area contributed by atoms with Gasteiger partial charge in [-0.3, -0.25) is 0 Å². The zero-order valence-corrected chi connectivity index (χ0v) is 12.5. The van der Waals surface area contributed by atoms with Crippen LogP contribution < -0.4 is 0 Å². The molecule has 0 unspecified atom stereocenters. The molecule has 0 saturated carbocycles. The van der Waals surface area contributed by atoms with Crippen molar-refractivity contribution < 1.29 is 13.2 Å². The summed E-state index contributed by atoms with van der Waals surface area (Å²) in [6, 6.07) is 12.8. The quantitative estimate of drug-likeness (QED) is 0.553. The predicted molar refractivity (Wildman–Crippen MR) is 84.3 cm³/mol. The van der Waals surface area contributed by atoms with Gasteiger partial charge in [0.25, 0.3) is 0 Å². The lowest BCUT2D eigenvalue weighted by Crippen LogP contribution is -2.04. The molecule has 0 spiro atoms. The molecule has 0 fully saturated rings. The summed E-state index contributed by atoms with van der Waals surface area (Å²) >= 11 is 5.38. The maximum atomic E-state index is 12.7. The molecule has 112 valence electrons. The van der Waals surface area contributed by atoms with Gasteiger partial charge in [-0.25, -0.2) is 0 Å². The fourth-order valence-electron chi connectivity index (χ4n) is 2.58. The number of aromatic nitrogens is 1. The maximum Gasteiger partial charge on any atom is 0.416 e. The van der Waals surface area contributed by atoms with Gasteiger partial charge in [-0.1, -0.05) is 42.5 Å². The minimum atomic E-state index is -4.33. The predicted octanol–water partition coefficient (Wildman–Crippen LogP) is 5.89. The van der Waals surface area contributed by atoms with Gasteiger partial charge >= 0.3 is 6.18 Å². The number of aryl methyl sites for hydroxylation is 1. The van der Waals surface area contributed by atoms with Crippen LogP contribution in [0.25, 0.3) is 22.0 Å². The van der Waals surface area contributed by atoms with Crippen molar-refractivity contribution in [1.82, 2.24) is 4.98 Å². The van der Waals surface area contributed by atoms with Crippen molar-refractivity contribution >= 4 is 23.1 Å². The summed E-state index contributed by atoms with van der Waals surface area (Å²) in [6.45, 7) is 1.93. The van der Waals surface area contributed by atoms with Gasteiger partial charge < -0.3 is 4.98 Å². The maximum absolute atomic E-state index is 12.7. The van der Waals surface area contributed by atoms with Crippen LogP contribution in [0, 0.1) is 11.6 Å². The Morgan fingerprint density at radius 1 is 0.955 bits per heavy atom. The van der Waals surface area contributed by atoms with Crippen molar-refractivity contribution in [3.05, 3.63) is 64.3 Å². The number of rotatable bonds is 1. The number of fused-ring (bicyclic) bond motifs is 1. The zero-order valence-electron chi connectivity index (χ0n) is 11.7. The summed E-state index contributed by atoms with van der Waals surface area (Å²) in [5, 5.41) is 1.01. The number of hydrogen-bond acceptors (Lipinski definition) is 1. The average Bonchev–Trinajstić information content (AvgIpc) is 2.47. The summed E-state index contributed by atoms with van der Waals surface area (Å²) in [5.41, 5.74) is 2.66. The topological polar surface area (TPSA) is 15.8 Å². The molecule has 0 aliphatic rings. The second kappa shape index (κ2) is 5.25. The van der Waals surface area contributed by atoms with Crippen LogP contribution in [0.2, 0.25) is 0 Å². The molecule has 0 radical (unpaired) electrons. The van der Waals surface area contributed by atoms with Crippen molar-refractivity contribution in [1.29, 1.82) is 0 Å². The Morgan fingerprint density at radius 2 is 1.59 bits per heavy atom. The third kappa shape index (κ3) is 2.52. The van der Waals surface area contributed by atoms with Crippen LogP contribution in [0.3, 0.4) is 0 Å². The third-order valence-corrected chi connectivity index (χ3v) is 3.99. The molecule has 3 aromatic rings. The monoisotopic (exact) mass is 319 g/mol. The molecule has 0 atom stereocenters. The fourth-order valence-corrected chi connectivity index (χ4v) is 2.96. The number of alkyl halides is 3. The number of benzene rings is 2. The van der Waals surface area contributed by atoms with Gasteiger partial charge in [0.05, 0.1) is 5.56 Å². The van der Waals surface area contributed by atoms with Crippen molar-refractivity contribution in [2.75, 3.05) is 0 Å². The standard InChI is InChI=1S/C17H12F3NS/c1-10-13-4-2-3-5-14(13)21-16(22)15(10)11-6-8-12(9-7-11)17(18,19)20/h2-9H,1H3,(H,21,22). The number of hydrogen-bond donors (Lipinski definition) is 1. The molecule has 0 bridgehead atoms. The molecule has 5 heteroatoms. The molecule has 1 nitrogen and oxygen atoms in total. The molecule has 3 rings (SSSR count). The highest BCUT2D eigenvalue weighted by molar-refractivity contribution is 7.71. The van der Waals surface area contributed by atoms with Gasteiger partial charge in [-0.05, 0) is 36.2 Å². The minimum absolute atomic E-state index is 0.524. The molecule has 0 amide bonds. The summed E-state index contributed by atoms with van der Waals surface area (Å²) < 4.78 is 38.5. The average molecular weight is 319 g/mol. The first kappa shape index (κ1) is 14.8. The highest BCUT2D eigenvalue weighted by Crippen LogP contribution is 2.33. The molecular weight excluding hydrogens is 307 g/mol. The van der Waals surface area contributed by atoms with Gasteiger partial charge in [0.2, 0.25) is 0 Å². The van der Waals surface area contributed by atoms with Crippen molar-refractivity contribution in [3.8, 4) is 11.1 Å². The Kier molecular flexibility index (Phi) is 3.53. The molecule has 0 saturated heterocycles. The van der Waals surface area contributed by atoms with Crippen molar-refractivity contribution in [2.24, 2.45) is 0 Å². The van der Waals surface area contributed by atoms with Gasteiger partial charge in [0, 0.05) is 16.5 Å². The highest BCUT2D eigenvalue weighted by atomic mass is 32.1. The molecule has 1 aromatic heterocycles. The van der Waals surface area contributed by atoms with Gasteiger partial charge in [0.1, 0.15) is 4.64 Å². The number of para-hydroxylation sites is 1. The molecule has 22 heavy (non-hydrogen) atoms.